The lowest BCUT2D eigenvalue weighted by Gasteiger charge is -2.06. The van der Waals surface area contributed by atoms with Gasteiger partial charge in [0.1, 0.15) is 0 Å². The number of rotatable bonds is 48. The van der Waals surface area contributed by atoms with E-state index in [1.165, 1.54) is 276 Å². The number of hydrogen-bond donors (Lipinski definition) is 0. The van der Waals surface area contributed by atoms with Gasteiger partial charge in [-0.25, -0.2) is 0 Å². The first kappa shape index (κ1) is 53.2. The van der Waals surface area contributed by atoms with Crippen molar-refractivity contribution in [1.82, 2.24) is 0 Å². The van der Waals surface area contributed by atoms with E-state index in [2.05, 4.69) is 26.0 Å². The van der Waals surface area contributed by atoms with Crippen molar-refractivity contribution in [3.8, 4) is 0 Å². The molecule has 0 aromatic heterocycles. The number of allylic oxidation sites excluding steroid dienone is 2. The SMILES string of the molecule is CCCCCC/C=C/CCCCCCCCCC(=O)OCCCCCCCCCCCCCCCCCCCCCCCCCCCCCCCCCC. The molecule has 0 rings (SSSR count). The fourth-order valence-electron chi connectivity index (χ4n) is 8.08. The van der Waals surface area contributed by atoms with Crippen LogP contribution in [0.3, 0.4) is 0 Å². The zero-order valence-corrected chi connectivity index (χ0v) is 37.7. The Morgan fingerprint density at radius 3 is 0.815 bits per heavy atom. The van der Waals surface area contributed by atoms with Crippen molar-refractivity contribution in [2.75, 3.05) is 6.61 Å². The van der Waals surface area contributed by atoms with E-state index in [1.54, 1.807) is 0 Å². The maximum Gasteiger partial charge on any atom is 0.305 e. The van der Waals surface area contributed by atoms with Crippen LogP contribution in [0.1, 0.15) is 309 Å². The molecule has 0 saturated heterocycles. The van der Waals surface area contributed by atoms with Crippen LogP contribution in [0.15, 0.2) is 12.2 Å². The van der Waals surface area contributed by atoms with E-state index in [0.29, 0.717) is 13.0 Å². The smallest absolute Gasteiger partial charge is 0.305 e. The monoisotopic (exact) mass is 759 g/mol. The summed E-state index contributed by atoms with van der Waals surface area (Å²) in [4.78, 5) is 12.0. The summed E-state index contributed by atoms with van der Waals surface area (Å²) >= 11 is 0. The summed E-state index contributed by atoms with van der Waals surface area (Å²) < 4.78 is 5.48. The van der Waals surface area contributed by atoms with Crippen molar-refractivity contribution in [1.29, 1.82) is 0 Å². The molecule has 0 amide bonds. The first-order valence-electron chi connectivity index (χ1n) is 25.6. The fourth-order valence-corrected chi connectivity index (χ4v) is 8.08. The summed E-state index contributed by atoms with van der Waals surface area (Å²) in [7, 11) is 0. The molecule has 0 N–H and O–H groups in total. The fraction of sp³-hybridized carbons (Fsp3) is 0.942. The Balaban J connectivity index is 3.14. The van der Waals surface area contributed by atoms with Gasteiger partial charge in [0.2, 0.25) is 0 Å². The van der Waals surface area contributed by atoms with Crippen molar-refractivity contribution in [2.45, 2.75) is 309 Å². The summed E-state index contributed by atoms with van der Waals surface area (Å²) in [6.45, 7) is 5.21. The molecular formula is C52H102O2. The van der Waals surface area contributed by atoms with Crippen molar-refractivity contribution < 1.29 is 9.53 Å². The Morgan fingerprint density at radius 2 is 0.519 bits per heavy atom. The van der Waals surface area contributed by atoms with Gasteiger partial charge < -0.3 is 4.74 Å². The van der Waals surface area contributed by atoms with E-state index in [-0.39, 0.29) is 5.97 Å². The van der Waals surface area contributed by atoms with Gasteiger partial charge in [-0.15, -0.1) is 0 Å². The summed E-state index contributed by atoms with van der Waals surface area (Å²) in [5, 5.41) is 0. The Kier molecular flexibility index (Phi) is 49.5. The molecule has 322 valence electrons. The molecule has 0 radical (unpaired) electrons. The predicted octanol–water partition coefficient (Wildman–Crippen LogP) is 19.1. The molecule has 0 aliphatic carbocycles. The van der Waals surface area contributed by atoms with Crippen molar-refractivity contribution >= 4 is 5.97 Å². The molecule has 0 aromatic rings. The molecule has 0 saturated carbocycles. The topological polar surface area (TPSA) is 26.3 Å². The summed E-state index contributed by atoms with van der Waals surface area (Å²) in [6.07, 6.45) is 67.9. The van der Waals surface area contributed by atoms with Crippen LogP contribution in [0.25, 0.3) is 0 Å². The second-order valence-corrected chi connectivity index (χ2v) is 17.5. The summed E-state index contributed by atoms with van der Waals surface area (Å²) in [6, 6.07) is 0. The van der Waals surface area contributed by atoms with Crippen LogP contribution < -0.4 is 0 Å². The zero-order valence-electron chi connectivity index (χ0n) is 37.7. The highest BCUT2D eigenvalue weighted by atomic mass is 16.5. The van der Waals surface area contributed by atoms with Crippen molar-refractivity contribution in [3.05, 3.63) is 12.2 Å². The first-order chi connectivity index (χ1) is 26.8. The average molecular weight is 759 g/mol. The Hall–Kier alpha value is -0.790. The number of ether oxygens (including phenoxy) is 1. The molecule has 0 atom stereocenters. The molecule has 2 nitrogen and oxygen atoms in total. The van der Waals surface area contributed by atoms with Gasteiger partial charge in [-0.2, -0.15) is 0 Å². The van der Waals surface area contributed by atoms with E-state index < -0.39 is 0 Å². The number of esters is 1. The van der Waals surface area contributed by atoms with Gasteiger partial charge in [0.25, 0.3) is 0 Å². The Bertz CT molecular complexity index is 698. The van der Waals surface area contributed by atoms with Crippen molar-refractivity contribution in [2.24, 2.45) is 0 Å². The normalized spacial score (nSPS) is 11.7. The lowest BCUT2D eigenvalue weighted by atomic mass is 10.0. The molecule has 0 aliphatic heterocycles. The van der Waals surface area contributed by atoms with Gasteiger partial charge in [0, 0.05) is 6.42 Å². The molecular weight excluding hydrogens is 657 g/mol. The second kappa shape index (κ2) is 50.2. The predicted molar refractivity (Wildman–Crippen MR) is 244 cm³/mol. The first-order valence-corrected chi connectivity index (χ1v) is 25.6. The third-order valence-electron chi connectivity index (χ3n) is 11.9. The van der Waals surface area contributed by atoms with E-state index in [4.69, 9.17) is 4.74 Å². The molecule has 0 aromatic carbocycles. The average Bonchev–Trinajstić information content (AvgIpc) is 3.18. The summed E-state index contributed by atoms with van der Waals surface area (Å²) in [5.41, 5.74) is 0. The molecule has 0 bridgehead atoms. The van der Waals surface area contributed by atoms with Crippen LogP contribution >= 0.6 is 0 Å². The number of unbranched alkanes of at least 4 members (excludes halogenated alkanes) is 42. The molecule has 2 heteroatoms. The number of carbonyl (C=O) groups is 1. The van der Waals surface area contributed by atoms with E-state index >= 15 is 0 Å². The minimum absolute atomic E-state index is 0.0252. The zero-order chi connectivity index (χ0) is 38.9. The van der Waals surface area contributed by atoms with Gasteiger partial charge in [-0.1, -0.05) is 276 Å². The van der Waals surface area contributed by atoms with Crippen LogP contribution in [0, 0.1) is 0 Å². The summed E-state index contributed by atoms with van der Waals surface area (Å²) in [5.74, 6) is 0.0252. The molecule has 0 spiro atoms. The van der Waals surface area contributed by atoms with Crippen molar-refractivity contribution in [3.63, 3.8) is 0 Å². The van der Waals surface area contributed by atoms with Gasteiger partial charge in [-0.3, -0.25) is 4.79 Å². The quantitative estimate of drug-likeness (QED) is 0.0351. The van der Waals surface area contributed by atoms with Gasteiger partial charge in [-0.05, 0) is 38.5 Å². The Labute approximate surface area is 342 Å². The van der Waals surface area contributed by atoms with E-state index in [0.717, 1.165) is 12.8 Å². The third-order valence-corrected chi connectivity index (χ3v) is 11.9. The Morgan fingerprint density at radius 1 is 0.296 bits per heavy atom. The molecule has 0 unspecified atom stereocenters. The maximum absolute atomic E-state index is 12.0. The van der Waals surface area contributed by atoms with Gasteiger partial charge in [0.05, 0.1) is 6.61 Å². The third kappa shape index (κ3) is 49.2. The van der Waals surface area contributed by atoms with Crippen LogP contribution in [-0.4, -0.2) is 12.6 Å². The molecule has 54 heavy (non-hydrogen) atoms. The largest absolute Gasteiger partial charge is 0.466 e. The highest BCUT2D eigenvalue weighted by molar-refractivity contribution is 5.69. The minimum atomic E-state index is 0.0252. The highest BCUT2D eigenvalue weighted by Crippen LogP contribution is 2.17. The van der Waals surface area contributed by atoms with Crippen LogP contribution in [0.4, 0.5) is 0 Å². The van der Waals surface area contributed by atoms with E-state index in [9.17, 15) is 4.79 Å². The van der Waals surface area contributed by atoms with Gasteiger partial charge >= 0.3 is 5.97 Å². The minimum Gasteiger partial charge on any atom is -0.466 e. The van der Waals surface area contributed by atoms with Crippen LogP contribution in [-0.2, 0) is 9.53 Å². The lowest BCUT2D eigenvalue weighted by Crippen LogP contribution is -2.05. The maximum atomic E-state index is 12.0. The lowest BCUT2D eigenvalue weighted by molar-refractivity contribution is -0.143. The highest BCUT2D eigenvalue weighted by Gasteiger charge is 2.03. The number of hydrogen-bond acceptors (Lipinski definition) is 2. The van der Waals surface area contributed by atoms with Crippen LogP contribution in [0.5, 0.6) is 0 Å². The van der Waals surface area contributed by atoms with Gasteiger partial charge in [0.15, 0.2) is 0 Å². The standard InChI is InChI=1S/C52H102O2/c1-3-5-7-9-11-13-15-17-19-20-21-22-23-24-25-26-27-28-29-30-31-32-33-34-35-37-39-41-43-45-47-49-51-54-52(53)50-48-46-44-42-40-38-36-18-16-14-12-10-8-6-4-2/h14,16H,3-13,15,17-51H2,1-2H3/b16-14+. The number of carbonyl (C=O) groups excluding carboxylic acids is 1. The van der Waals surface area contributed by atoms with Crippen LogP contribution in [0.2, 0.25) is 0 Å². The van der Waals surface area contributed by atoms with E-state index in [1.807, 2.05) is 0 Å². The molecule has 0 heterocycles. The molecule has 0 aliphatic rings. The molecule has 0 fully saturated rings. The second-order valence-electron chi connectivity index (χ2n) is 17.5.